The van der Waals surface area contributed by atoms with Gasteiger partial charge < -0.3 is 24.6 Å². The summed E-state index contributed by atoms with van der Waals surface area (Å²) >= 11 is 0. The number of aliphatic hydroxyl groups excluding tert-OH is 1. The van der Waals surface area contributed by atoms with Gasteiger partial charge in [0, 0.05) is 33.9 Å². The molecule has 3 aromatic carbocycles. The van der Waals surface area contributed by atoms with Gasteiger partial charge in [0.15, 0.2) is 5.78 Å². The predicted octanol–water partition coefficient (Wildman–Crippen LogP) is 9.68. The molecule has 56 heavy (non-hydrogen) atoms. The maximum atomic E-state index is 15.4. The summed E-state index contributed by atoms with van der Waals surface area (Å²) < 4.78 is 48.1. The first-order valence-electron chi connectivity index (χ1n) is 19.9. The van der Waals surface area contributed by atoms with Crippen molar-refractivity contribution in [1.29, 1.82) is 0 Å². The van der Waals surface area contributed by atoms with Gasteiger partial charge in [0.1, 0.15) is 5.75 Å². The Morgan fingerprint density at radius 2 is 1.52 bits per heavy atom. The monoisotopic (exact) mass is 769 g/mol. The molecule has 2 bridgehead atoms. The number of amides is 1. The van der Waals surface area contributed by atoms with E-state index in [0.29, 0.717) is 43.2 Å². The Morgan fingerprint density at radius 1 is 0.857 bits per heavy atom. The molecule has 3 saturated carbocycles. The molecule has 6 aliphatic carbocycles. The molecule has 296 valence electrons. The summed E-state index contributed by atoms with van der Waals surface area (Å²) in [5.74, 6) is -0.475. The molecule has 0 aliphatic heterocycles. The van der Waals surface area contributed by atoms with Crippen molar-refractivity contribution in [2.75, 3.05) is 13.2 Å². The Balaban J connectivity index is 1.19. The van der Waals surface area contributed by atoms with E-state index in [0.717, 1.165) is 29.5 Å². The molecule has 1 amide bonds. The third-order valence-electron chi connectivity index (χ3n) is 14.7. The van der Waals surface area contributed by atoms with E-state index in [1.165, 1.54) is 29.2 Å². The van der Waals surface area contributed by atoms with E-state index in [1.54, 1.807) is 6.92 Å². The number of hydrogen-bond acceptors (Lipinski definition) is 6. The number of halogens is 3. The molecule has 0 radical (unpaired) electrons. The molecule has 1 unspecified atom stereocenters. The number of benzene rings is 3. The van der Waals surface area contributed by atoms with Crippen molar-refractivity contribution in [3.05, 3.63) is 114 Å². The molecular formula is C46H50F3NO6. The van der Waals surface area contributed by atoms with Gasteiger partial charge in [0.25, 0.3) is 0 Å². The molecule has 6 aliphatic rings. The number of ketones is 1. The van der Waals surface area contributed by atoms with Gasteiger partial charge in [-0.25, -0.2) is 4.79 Å². The minimum atomic E-state index is -4.83. The van der Waals surface area contributed by atoms with E-state index in [2.05, 4.69) is 36.8 Å². The van der Waals surface area contributed by atoms with Crippen LogP contribution in [0.25, 0.3) is 11.1 Å². The number of allylic oxidation sites excluding steroid dienone is 4. The lowest BCUT2D eigenvalue weighted by Gasteiger charge is -2.71. The van der Waals surface area contributed by atoms with Crippen LogP contribution in [0.5, 0.6) is 5.75 Å². The highest BCUT2D eigenvalue weighted by molar-refractivity contribution is 6.14. The zero-order valence-electron chi connectivity index (χ0n) is 32.1. The number of ether oxygens (including phenoxy) is 2. The summed E-state index contributed by atoms with van der Waals surface area (Å²) in [6.07, 6.45) is 5.29. The standard InChI is InChI=1S/C46H50F3NO6/c1-4-55-40(53)50(28-30-14-16-33(17-15-30)56-46(47,48)49)29-44(54)23-20-38-42(44,3)22-19-37-41(2)21-18-32(51)26-43(41)24-25-45(37,38)36(27-43)39(52)35-13-9-8-12-34(35)31-10-6-5-7-11-31/h5-17,24-25,27,32,37-38,51,54H,4,18-23,26,28-29H2,1-3H3/t32?,37-,38-,41-,42+,43+,44-,45-/m1/s1. The number of alkyl halides is 3. The molecule has 10 heteroatoms. The van der Waals surface area contributed by atoms with Gasteiger partial charge in [0.05, 0.1) is 24.9 Å². The number of rotatable bonds is 9. The first-order valence-corrected chi connectivity index (χ1v) is 19.9. The quantitative estimate of drug-likeness (QED) is 0.166. The average molecular weight is 770 g/mol. The normalized spacial score (nSPS) is 34.1. The summed E-state index contributed by atoms with van der Waals surface area (Å²) in [5, 5.41) is 24.1. The maximum Gasteiger partial charge on any atom is 0.573 e. The number of hydrogen-bond donors (Lipinski definition) is 2. The van der Waals surface area contributed by atoms with Crippen LogP contribution < -0.4 is 4.74 Å². The Bertz CT molecular complexity index is 2070. The Kier molecular flexibility index (Phi) is 9.35. The fourth-order valence-corrected chi connectivity index (χ4v) is 12.0. The van der Waals surface area contributed by atoms with Crippen LogP contribution in [0.2, 0.25) is 0 Å². The summed E-state index contributed by atoms with van der Waals surface area (Å²) in [6, 6.07) is 23.0. The second kappa shape index (κ2) is 13.6. The summed E-state index contributed by atoms with van der Waals surface area (Å²) in [7, 11) is 0. The third kappa shape index (κ3) is 5.92. The van der Waals surface area contributed by atoms with Crippen molar-refractivity contribution in [3.8, 4) is 16.9 Å². The minimum absolute atomic E-state index is 0.00465. The number of carbonyl (C=O) groups excluding carboxylic acids is 2. The van der Waals surface area contributed by atoms with E-state index < -0.39 is 40.4 Å². The molecule has 3 fully saturated rings. The lowest BCUT2D eigenvalue weighted by molar-refractivity contribution is -0.274. The molecule has 0 saturated heterocycles. The molecule has 2 N–H and O–H groups in total. The molecule has 2 spiro atoms. The number of nitrogens with zero attached hydrogens (tertiary/aromatic N) is 1. The van der Waals surface area contributed by atoms with Gasteiger partial charge in [-0.1, -0.05) is 98.8 Å². The van der Waals surface area contributed by atoms with Crippen molar-refractivity contribution < 1.29 is 42.4 Å². The maximum absolute atomic E-state index is 15.4. The van der Waals surface area contributed by atoms with Crippen LogP contribution in [-0.2, 0) is 11.3 Å². The first kappa shape index (κ1) is 38.5. The Labute approximate surface area is 326 Å². The Morgan fingerprint density at radius 3 is 2.23 bits per heavy atom. The summed E-state index contributed by atoms with van der Waals surface area (Å²) in [6.45, 7) is 6.21. The molecule has 3 aromatic rings. The topological polar surface area (TPSA) is 96.3 Å². The van der Waals surface area contributed by atoms with Gasteiger partial charge in [0.2, 0.25) is 0 Å². The van der Waals surface area contributed by atoms with Crippen LogP contribution in [0, 0.1) is 33.5 Å². The van der Waals surface area contributed by atoms with Crippen LogP contribution in [-0.4, -0.2) is 58.2 Å². The number of carbonyl (C=O) groups is 2. The van der Waals surface area contributed by atoms with Crippen LogP contribution in [0.15, 0.2) is 103 Å². The predicted molar refractivity (Wildman–Crippen MR) is 205 cm³/mol. The highest BCUT2D eigenvalue weighted by Gasteiger charge is 2.74. The van der Waals surface area contributed by atoms with E-state index in [4.69, 9.17) is 4.74 Å². The molecule has 7 nitrogen and oxygen atoms in total. The van der Waals surface area contributed by atoms with E-state index in [-0.39, 0.29) is 48.5 Å². The fourth-order valence-electron chi connectivity index (χ4n) is 12.0. The van der Waals surface area contributed by atoms with Gasteiger partial charge >= 0.3 is 12.5 Å². The average Bonchev–Trinajstić information content (AvgIpc) is 3.44. The zero-order valence-corrected chi connectivity index (χ0v) is 32.1. The fraction of sp³-hybridized carbons (Fsp3) is 0.478. The molecule has 8 atom stereocenters. The van der Waals surface area contributed by atoms with Gasteiger partial charge in [-0.2, -0.15) is 0 Å². The second-order valence-electron chi connectivity index (χ2n) is 17.3. The lowest BCUT2D eigenvalue weighted by atomic mass is 9.32. The molecule has 9 rings (SSSR count). The largest absolute Gasteiger partial charge is 0.573 e. The van der Waals surface area contributed by atoms with Crippen LogP contribution in [0.1, 0.15) is 81.6 Å². The smallest absolute Gasteiger partial charge is 0.450 e. The first-order chi connectivity index (χ1) is 26.6. The highest BCUT2D eigenvalue weighted by atomic mass is 19.4. The van der Waals surface area contributed by atoms with Gasteiger partial charge in [-0.15, -0.1) is 13.2 Å². The van der Waals surface area contributed by atoms with Crippen molar-refractivity contribution in [1.82, 2.24) is 4.90 Å². The SMILES string of the molecule is CCOC(=O)N(Cc1ccc(OC(F)(F)F)cc1)C[C@]1(O)CC[C@H]2[C@]34C=C[C@@]5(C=C3C(=O)c3ccccc3-c3ccccc3)CC(O)CC[C@]5(C)[C@H]4CC[C@@]21C. The molecule has 0 aromatic heterocycles. The van der Waals surface area contributed by atoms with E-state index >= 15 is 4.79 Å². The lowest BCUT2D eigenvalue weighted by Crippen LogP contribution is -2.67. The second-order valence-corrected chi connectivity index (χ2v) is 17.3. The van der Waals surface area contributed by atoms with Crippen molar-refractivity contribution in [2.45, 2.75) is 90.3 Å². The van der Waals surface area contributed by atoms with Crippen LogP contribution in [0.3, 0.4) is 0 Å². The number of fused-ring (bicyclic) bond motifs is 1. The summed E-state index contributed by atoms with van der Waals surface area (Å²) in [5.41, 5.74) is 0.190. The van der Waals surface area contributed by atoms with Crippen LogP contribution in [0.4, 0.5) is 18.0 Å². The number of aliphatic hydroxyl groups is 2. The summed E-state index contributed by atoms with van der Waals surface area (Å²) in [4.78, 5) is 30.4. The number of Topliss-reactive ketones (excluding diaryl/α,β-unsaturated/α-hetero) is 1. The van der Waals surface area contributed by atoms with E-state index in [9.17, 15) is 28.2 Å². The van der Waals surface area contributed by atoms with E-state index in [1.807, 2.05) is 54.6 Å². The Hall–Kier alpha value is -4.41. The van der Waals surface area contributed by atoms with Crippen molar-refractivity contribution in [3.63, 3.8) is 0 Å². The minimum Gasteiger partial charge on any atom is -0.450 e. The van der Waals surface area contributed by atoms with Gasteiger partial charge in [-0.3, -0.25) is 4.79 Å². The third-order valence-corrected chi connectivity index (χ3v) is 14.7. The van der Waals surface area contributed by atoms with Crippen LogP contribution >= 0.6 is 0 Å². The highest BCUT2D eigenvalue weighted by Crippen LogP contribution is 2.78. The van der Waals surface area contributed by atoms with Crippen molar-refractivity contribution >= 4 is 11.9 Å². The molecule has 0 heterocycles. The zero-order chi connectivity index (χ0) is 39.7. The van der Waals surface area contributed by atoms with Crippen molar-refractivity contribution in [2.24, 2.45) is 33.5 Å². The van der Waals surface area contributed by atoms with Gasteiger partial charge in [-0.05, 0) is 97.9 Å². The molecular weight excluding hydrogens is 720 g/mol.